The van der Waals surface area contributed by atoms with Gasteiger partial charge in [-0.1, -0.05) is 44.9 Å². The molecule has 1 aromatic carbocycles. The maximum Gasteiger partial charge on any atom is 0.0608 e. The predicted molar refractivity (Wildman–Crippen MR) is 122 cm³/mol. The number of unbranched alkanes of at least 4 members (excludes halogenated alkanes) is 2. The van der Waals surface area contributed by atoms with Gasteiger partial charge in [-0.05, 0) is 49.1 Å². The van der Waals surface area contributed by atoms with E-state index in [1.807, 2.05) is 0 Å². The normalized spacial score (nSPS) is 11.2. The summed E-state index contributed by atoms with van der Waals surface area (Å²) < 4.78 is 2.12. The number of aromatic nitrogens is 1. The van der Waals surface area contributed by atoms with Gasteiger partial charge in [0.05, 0.1) is 5.70 Å². The summed E-state index contributed by atoms with van der Waals surface area (Å²) >= 11 is 0. The fourth-order valence-corrected chi connectivity index (χ4v) is 3.05. The molecular weight excluding hydrogens is 344 g/mol. The third-order valence-corrected chi connectivity index (χ3v) is 4.67. The Kier molecular flexibility index (Phi) is 7.76. The molecule has 0 saturated carbocycles. The SMILES string of the molecule is C=C/C=C(/NC(=C)CCCCCNC(=C)c1ccc2c(ccn2C)c1)C(=C)N. The zero-order valence-corrected chi connectivity index (χ0v) is 16.9. The van der Waals surface area contributed by atoms with Crippen LogP contribution in [0.4, 0.5) is 0 Å². The minimum Gasteiger partial charge on any atom is -0.398 e. The number of fused-ring (bicyclic) bond motifs is 1. The maximum absolute atomic E-state index is 5.74. The van der Waals surface area contributed by atoms with Crippen LogP contribution in [0.3, 0.4) is 0 Å². The molecule has 0 fully saturated rings. The smallest absolute Gasteiger partial charge is 0.0608 e. The Morgan fingerprint density at radius 3 is 2.64 bits per heavy atom. The van der Waals surface area contributed by atoms with Crippen molar-refractivity contribution in [2.24, 2.45) is 12.8 Å². The van der Waals surface area contributed by atoms with Gasteiger partial charge < -0.3 is 20.9 Å². The highest BCUT2D eigenvalue weighted by Gasteiger charge is 2.03. The summed E-state index contributed by atoms with van der Waals surface area (Å²) in [7, 11) is 2.06. The van der Waals surface area contributed by atoms with Gasteiger partial charge in [0.15, 0.2) is 0 Å². The molecule has 0 aliphatic rings. The third-order valence-electron chi connectivity index (χ3n) is 4.67. The molecule has 2 aromatic rings. The Bertz CT molecular complexity index is 898. The van der Waals surface area contributed by atoms with Crippen LogP contribution in [0.2, 0.25) is 0 Å². The third kappa shape index (κ3) is 5.95. The molecule has 2 rings (SSSR count). The van der Waals surface area contributed by atoms with E-state index in [4.69, 9.17) is 5.73 Å². The van der Waals surface area contributed by atoms with Gasteiger partial charge in [0.1, 0.15) is 0 Å². The number of hydrogen-bond donors (Lipinski definition) is 3. The molecule has 4 N–H and O–H groups in total. The summed E-state index contributed by atoms with van der Waals surface area (Å²) in [5.74, 6) is 0. The number of nitrogens with zero attached hydrogens (tertiary/aromatic N) is 1. The Morgan fingerprint density at radius 1 is 1.14 bits per heavy atom. The molecule has 0 saturated heterocycles. The molecule has 0 amide bonds. The summed E-state index contributed by atoms with van der Waals surface area (Å²) in [5.41, 5.74) is 11.3. The van der Waals surface area contributed by atoms with Crippen LogP contribution in [0.15, 0.2) is 86.0 Å². The van der Waals surface area contributed by atoms with Gasteiger partial charge >= 0.3 is 0 Å². The van der Waals surface area contributed by atoms with E-state index in [2.05, 4.69) is 79.0 Å². The number of benzene rings is 1. The minimum absolute atomic E-state index is 0.484. The van der Waals surface area contributed by atoms with E-state index in [0.29, 0.717) is 5.70 Å². The lowest BCUT2D eigenvalue weighted by atomic mass is 10.1. The molecule has 28 heavy (non-hydrogen) atoms. The first-order chi connectivity index (χ1) is 13.4. The van der Waals surface area contributed by atoms with Crippen LogP contribution < -0.4 is 16.4 Å². The summed E-state index contributed by atoms with van der Waals surface area (Å²) in [4.78, 5) is 0. The zero-order chi connectivity index (χ0) is 20.5. The number of allylic oxidation sites excluding steroid dienone is 3. The Balaban J connectivity index is 1.67. The van der Waals surface area contributed by atoms with Crippen molar-refractivity contribution >= 4 is 16.6 Å². The predicted octanol–water partition coefficient (Wildman–Crippen LogP) is 4.94. The highest BCUT2D eigenvalue weighted by Crippen LogP contribution is 2.20. The molecule has 1 aromatic heterocycles. The van der Waals surface area contributed by atoms with Crippen LogP contribution >= 0.6 is 0 Å². The van der Waals surface area contributed by atoms with Crippen molar-refractivity contribution in [1.29, 1.82) is 0 Å². The van der Waals surface area contributed by atoms with E-state index in [1.165, 1.54) is 10.9 Å². The summed E-state index contributed by atoms with van der Waals surface area (Å²) in [6.07, 6.45) is 9.72. The summed E-state index contributed by atoms with van der Waals surface area (Å²) in [6, 6.07) is 8.57. The van der Waals surface area contributed by atoms with Gasteiger partial charge in [-0.15, -0.1) is 0 Å². The van der Waals surface area contributed by atoms with Crippen molar-refractivity contribution in [3.63, 3.8) is 0 Å². The first kappa shape index (κ1) is 21.2. The van der Waals surface area contributed by atoms with Gasteiger partial charge in [-0.2, -0.15) is 0 Å². The molecule has 0 aliphatic carbocycles. The molecule has 0 radical (unpaired) electrons. The van der Waals surface area contributed by atoms with Crippen LogP contribution in [0.5, 0.6) is 0 Å². The van der Waals surface area contributed by atoms with Crippen molar-refractivity contribution in [3.8, 4) is 0 Å². The van der Waals surface area contributed by atoms with E-state index in [1.54, 1.807) is 12.2 Å². The highest BCUT2D eigenvalue weighted by atomic mass is 14.9. The molecule has 0 atom stereocenters. The van der Waals surface area contributed by atoms with E-state index in [0.717, 1.165) is 54.9 Å². The fraction of sp³-hybridized carbons (Fsp3) is 0.250. The number of nitrogens with two attached hydrogens (primary N) is 1. The molecule has 148 valence electrons. The average molecular weight is 377 g/mol. The van der Waals surface area contributed by atoms with E-state index < -0.39 is 0 Å². The number of aryl methyl sites for hydroxylation is 1. The zero-order valence-electron chi connectivity index (χ0n) is 16.9. The molecule has 0 bridgehead atoms. The molecule has 0 unspecified atom stereocenters. The molecular formula is C24H32N4. The van der Waals surface area contributed by atoms with E-state index in [9.17, 15) is 0 Å². The second-order valence-electron chi connectivity index (χ2n) is 6.99. The van der Waals surface area contributed by atoms with Crippen LogP contribution in [0, 0.1) is 0 Å². The quantitative estimate of drug-likeness (QED) is 0.363. The lowest BCUT2D eigenvalue weighted by Gasteiger charge is -2.13. The van der Waals surface area contributed by atoms with E-state index in [-0.39, 0.29) is 0 Å². The first-order valence-electron chi connectivity index (χ1n) is 9.63. The standard InChI is InChI=1S/C24H32N4/c1-6-10-23(19(3)25)27-18(2)11-8-7-9-15-26-20(4)21-12-13-24-22(17-21)14-16-28(24)5/h6,10,12-14,16-17,26-27H,1-4,7-9,11,15,25H2,5H3/b23-10+. The monoisotopic (exact) mass is 376 g/mol. The van der Waals surface area contributed by atoms with Gasteiger partial charge in [0.2, 0.25) is 0 Å². The van der Waals surface area contributed by atoms with Crippen molar-refractivity contribution in [1.82, 2.24) is 15.2 Å². The lowest BCUT2D eigenvalue weighted by molar-refractivity contribution is 0.647. The number of nitrogens with one attached hydrogen (secondary N) is 2. The van der Waals surface area contributed by atoms with Crippen LogP contribution in [-0.2, 0) is 7.05 Å². The highest BCUT2D eigenvalue weighted by molar-refractivity contribution is 5.84. The van der Waals surface area contributed by atoms with E-state index >= 15 is 0 Å². The second kappa shape index (κ2) is 10.3. The number of hydrogen-bond acceptors (Lipinski definition) is 3. The molecule has 0 spiro atoms. The van der Waals surface area contributed by atoms with Crippen LogP contribution in [0.1, 0.15) is 31.2 Å². The maximum atomic E-state index is 5.74. The minimum atomic E-state index is 0.484. The second-order valence-corrected chi connectivity index (χ2v) is 6.99. The van der Waals surface area contributed by atoms with Crippen molar-refractivity contribution < 1.29 is 0 Å². The topological polar surface area (TPSA) is 55.0 Å². The molecule has 1 heterocycles. The Morgan fingerprint density at radius 2 is 1.93 bits per heavy atom. The average Bonchev–Trinajstić information content (AvgIpc) is 3.04. The van der Waals surface area contributed by atoms with Gasteiger partial charge in [-0.3, -0.25) is 0 Å². The van der Waals surface area contributed by atoms with Gasteiger partial charge in [-0.25, -0.2) is 0 Å². The van der Waals surface area contributed by atoms with Crippen LogP contribution in [0.25, 0.3) is 16.6 Å². The summed E-state index contributed by atoms with van der Waals surface area (Å²) in [5, 5.41) is 7.87. The van der Waals surface area contributed by atoms with Crippen molar-refractivity contribution in [2.75, 3.05) is 6.54 Å². The van der Waals surface area contributed by atoms with Crippen molar-refractivity contribution in [3.05, 3.63) is 91.6 Å². The molecule has 4 nitrogen and oxygen atoms in total. The van der Waals surface area contributed by atoms with Gasteiger partial charge in [0.25, 0.3) is 0 Å². The molecule has 4 heteroatoms. The largest absolute Gasteiger partial charge is 0.398 e. The van der Waals surface area contributed by atoms with Gasteiger partial charge in [0, 0.05) is 47.8 Å². The fourth-order valence-electron chi connectivity index (χ4n) is 3.05. The lowest BCUT2D eigenvalue weighted by Crippen LogP contribution is -2.17. The summed E-state index contributed by atoms with van der Waals surface area (Å²) in [6.45, 7) is 16.6. The first-order valence-corrected chi connectivity index (χ1v) is 9.63. The Hall–Kier alpha value is -3.14. The van der Waals surface area contributed by atoms with Crippen molar-refractivity contribution in [2.45, 2.75) is 25.7 Å². The van der Waals surface area contributed by atoms with Crippen LogP contribution in [-0.4, -0.2) is 11.1 Å². The number of rotatable bonds is 12. The molecule has 0 aliphatic heterocycles. The Labute approximate surface area is 168 Å².